The van der Waals surface area contributed by atoms with Gasteiger partial charge in [0.2, 0.25) is 0 Å². The van der Waals surface area contributed by atoms with Gasteiger partial charge in [0.25, 0.3) is 0 Å². The van der Waals surface area contributed by atoms with Crippen molar-refractivity contribution in [3.05, 3.63) is 70.4 Å². The second-order valence-electron chi connectivity index (χ2n) is 4.00. The summed E-state index contributed by atoms with van der Waals surface area (Å²) in [5.74, 6) is 0. The Balaban J connectivity index is 2.45. The normalized spacial score (nSPS) is 16.8. The van der Waals surface area contributed by atoms with Crippen LogP contribution in [0.25, 0.3) is 5.57 Å². The molecule has 1 aromatic carbocycles. The van der Waals surface area contributed by atoms with E-state index < -0.39 is 0 Å². The molecule has 1 heterocycles. The first-order valence-corrected chi connectivity index (χ1v) is 5.54. The summed E-state index contributed by atoms with van der Waals surface area (Å²) in [6.45, 7) is 0. The highest BCUT2D eigenvalue weighted by molar-refractivity contribution is 5.73. The highest BCUT2D eigenvalue weighted by atomic mass is 14.7. The summed E-state index contributed by atoms with van der Waals surface area (Å²) in [6, 6.07) is 10.1. The van der Waals surface area contributed by atoms with Crippen molar-refractivity contribution in [2.45, 2.75) is 6.42 Å². The average Bonchev–Trinajstić information content (AvgIpc) is 2.55. The lowest BCUT2D eigenvalue weighted by molar-refractivity contribution is 1.24. The second kappa shape index (κ2) is 3.88. The van der Waals surface area contributed by atoms with Gasteiger partial charge in [0.1, 0.15) is 11.8 Å². The molecule has 2 heteroatoms. The molecule has 0 unspecified atom stereocenters. The minimum atomic E-state index is 0.467. The Bertz CT molecular complexity index is 725. The van der Waals surface area contributed by atoms with Gasteiger partial charge in [0.15, 0.2) is 0 Å². The molecule has 0 spiro atoms. The first-order chi connectivity index (χ1) is 8.38. The Morgan fingerprint density at radius 3 is 3.00 bits per heavy atom. The third-order valence-electron chi connectivity index (χ3n) is 2.96. The van der Waals surface area contributed by atoms with Crippen LogP contribution in [0.3, 0.4) is 0 Å². The summed E-state index contributed by atoms with van der Waals surface area (Å²) >= 11 is 0. The molecule has 80 valence electrons. The van der Waals surface area contributed by atoms with Gasteiger partial charge in [-0.3, -0.25) is 0 Å². The number of rotatable bonds is 0. The zero-order chi connectivity index (χ0) is 11.7. The topological polar surface area (TPSA) is 36.1 Å². The molecule has 0 fully saturated rings. The zero-order valence-corrected chi connectivity index (χ0v) is 9.22. The third-order valence-corrected chi connectivity index (χ3v) is 2.96. The number of para-hydroxylation sites is 1. The average molecular weight is 218 g/mol. The van der Waals surface area contributed by atoms with Crippen LogP contribution in [-0.4, -0.2) is 0 Å². The third kappa shape index (κ3) is 1.62. The maximum Gasteiger partial charge on any atom is 0.141 e. The molecule has 0 atom stereocenters. The molecule has 0 bridgehead atoms. The van der Waals surface area contributed by atoms with Gasteiger partial charge in [-0.15, -0.1) is 0 Å². The van der Waals surface area contributed by atoms with Crippen molar-refractivity contribution in [3.63, 3.8) is 0 Å². The molecule has 17 heavy (non-hydrogen) atoms. The molecule has 0 saturated heterocycles. The number of nitrogens with zero attached hydrogens (tertiary/aromatic N) is 2. The van der Waals surface area contributed by atoms with Gasteiger partial charge in [-0.1, -0.05) is 36.4 Å². The molecule has 1 aliphatic carbocycles. The van der Waals surface area contributed by atoms with E-state index in [1.54, 1.807) is 0 Å². The lowest BCUT2D eigenvalue weighted by atomic mass is 9.95. The summed E-state index contributed by atoms with van der Waals surface area (Å²) in [5.41, 5.74) is 2.81. The molecule has 2 aliphatic rings. The first kappa shape index (κ1) is 9.80. The number of fused-ring (bicyclic) bond motifs is 2. The van der Waals surface area contributed by atoms with E-state index in [-0.39, 0.29) is 0 Å². The highest BCUT2D eigenvalue weighted by Gasteiger charge is 2.10. The Kier molecular flexibility index (Phi) is 2.23. The van der Waals surface area contributed by atoms with E-state index in [4.69, 9.17) is 5.26 Å². The van der Waals surface area contributed by atoms with Crippen molar-refractivity contribution in [2.24, 2.45) is 4.99 Å². The molecule has 1 aromatic rings. The van der Waals surface area contributed by atoms with Gasteiger partial charge in [-0.05, 0) is 29.7 Å². The summed E-state index contributed by atoms with van der Waals surface area (Å²) in [5, 5.41) is 11.1. The monoisotopic (exact) mass is 218 g/mol. The quantitative estimate of drug-likeness (QED) is 0.653. The Morgan fingerprint density at radius 2 is 2.12 bits per heavy atom. The fraction of sp³-hybridized carbons (Fsp3) is 0.0667. The van der Waals surface area contributed by atoms with Crippen LogP contribution < -0.4 is 10.6 Å². The van der Waals surface area contributed by atoms with E-state index in [1.807, 2.05) is 36.4 Å². The Labute approximate surface area is 99.2 Å². The van der Waals surface area contributed by atoms with Gasteiger partial charge in [-0.2, -0.15) is 5.26 Å². The van der Waals surface area contributed by atoms with E-state index in [0.29, 0.717) is 5.70 Å². The van der Waals surface area contributed by atoms with E-state index in [2.05, 4.69) is 23.2 Å². The molecule has 3 rings (SSSR count). The van der Waals surface area contributed by atoms with E-state index in [9.17, 15) is 0 Å². The molecule has 0 aromatic heterocycles. The van der Waals surface area contributed by atoms with Crippen LogP contribution in [0.4, 0.5) is 0 Å². The van der Waals surface area contributed by atoms with Crippen LogP contribution >= 0.6 is 0 Å². The summed E-state index contributed by atoms with van der Waals surface area (Å²) in [4.78, 5) is 4.39. The van der Waals surface area contributed by atoms with E-state index in [1.165, 1.54) is 5.57 Å². The van der Waals surface area contributed by atoms with Crippen molar-refractivity contribution in [1.82, 2.24) is 0 Å². The molecular formula is C15H10N2. The SMILES string of the molecule is N#CC1=CC2=CC=CCC2=c2ccccc2=N1. The predicted molar refractivity (Wildman–Crippen MR) is 66.2 cm³/mol. The molecule has 0 radical (unpaired) electrons. The standard InChI is InChI=1S/C15H10N2/c16-10-12-9-11-5-1-2-6-13(11)14-7-3-4-8-15(14)17-12/h1-5,7-9H,6H2. The van der Waals surface area contributed by atoms with Gasteiger partial charge in [0.05, 0.1) is 5.36 Å². The van der Waals surface area contributed by atoms with Gasteiger partial charge < -0.3 is 0 Å². The van der Waals surface area contributed by atoms with Crippen LogP contribution in [0, 0.1) is 11.3 Å². The number of benzene rings is 1. The van der Waals surface area contributed by atoms with Crippen molar-refractivity contribution in [1.29, 1.82) is 5.26 Å². The van der Waals surface area contributed by atoms with Crippen LogP contribution in [0.1, 0.15) is 6.42 Å². The lowest BCUT2D eigenvalue weighted by Gasteiger charge is -2.08. The van der Waals surface area contributed by atoms with Crippen LogP contribution in [0.5, 0.6) is 0 Å². The van der Waals surface area contributed by atoms with Crippen molar-refractivity contribution < 1.29 is 0 Å². The maximum atomic E-state index is 9.07. The molecule has 2 nitrogen and oxygen atoms in total. The predicted octanol–water partition coefficient (Wildman–Crippen LogP) is 1.76. The van der Waals surface area contributed by atoms with E-state index in [0.717, 1.165) is 22.6 Å². The number of hydrogen-bond donors (Lipinski definition) is 0. The Morgan fingerprint density at radius 1 is 1.24 bits per heavy atom. The van der Waals surface area contributed by atoms with Crippen LogP contribution in [0.2, 0.25) is 0 Å². The van der Waals surface area contributed by atoms with Crippen LogP contribution in [-0.2, 0) is 0 Å². The number of hydrogen-bond acceptors (Lipinski definition) is 2. The highest BCUT2D eigenvalue weighted by Crippen LogP contribution is 2.22. The maximum absolute atomic E-state index is 9.07. The summed E-state index contributed by atoms with van der Waals surface area (Å²) < 4.78 is 0. The van der Waals surface area contributed by atoms with Gasteiger partial charge >= 0.3 is 0 Å². The summed E-state index contributed by atoms with van der Waals surface area (Å²) in [6.07, 6.45) is 8.94. The van der Waals surface area contributed by atoms with Crippen molar-refractivity contribution in [3.8, 4) is 6.07 Å². The fourth-order valence-corrected chi connectivity index (χ4v) is 2.17. The fourth-order valence-electron chi connectivity index (χ4n) is 2.17. The molecule has 0 amide bonds. The Hall–Kier alpha value is -2.40. The lowest BCUT2D eigenvalue weighted by Crippen LogP contribution is -2.26. The molecule has 0 N–H and O–H groups in total. The number of allylic oxidation sites excluding steroid dienone is 6. The van der Waals surface area contributed by atoms with Gasteiger partial charge in [-0.25, -0.2) is 4.99 Å². The van der Waals surface area contributed by atoms with Crippen LogP contribution in [0.15, 0.2) is 64.8 Å². The van der Waals surface area contributed by atoms with Gasteiger partial charge in [0, 0.05) is 5.22 Å². The van der Waals surface area contributed by atoms with E-state index >= 15 is 0 Å². The summed E-state index contributed by atoms with van der Waals surface area (Å²) in [7, 11) is 0. The second-order valence-corrected chi connectivity index (χ2v) is 4.00. The molecule has 1 aliphatic heterocycles. The van der Waals surface area contributed by atoms with Crippen molar-refractivity contribution in [2.75, 3.05) is 0 Å². The first-order valence-electron chi connectivity index (χ1n) is 5.54. The minimum absolute atomic E-state index is 0.467. The zero-order valence-electron chi connectivity index (χ0n) is 9.22. The molecular weight excluding hydrogens is 208 g/mol. The van der Waals surface area contributed by atoms with Crippen molar-refractivity contribution >= 4 is 5.57 Å². The smallest absolute Gasteiger partial charge is 0.141 e. The molecule has 0 saturated carbocycles. The minimum Gasteiger partial charge on any atom is -0.237 e. The number of nitriles is 1. The largest absolute Gasteiger partial charge is 0.237 e.